The molecule has 0 unspecified atom stereocenters. The lowest BCUT2D eigenvalue weighted by Gasteiger charge is -2.13. The highest BCUT2D eigenvalue weighted by Crippen LogP contribution is 2.36. The van der Waals surface area contributed by atoms with Gasteiger partial charge in [0.2, 0.25) is 5.95 Å². The molecule has 4 heteroatoms. The van der Waals surface area contributed by atoms with Crippen LogP contribution in [0.5, 0.6) is 0 Å². The molecule has 178 valence electrons. The normalized spacial score (nSPS) is 11.7. The van der Waals surface area contributed by atoms with Crippen LogP contribution in [0.4, 0.5) is 0 Å². The van der Waals surface area contributed by atoms with Gasteiger partial charge in [-0.05, 0) is 41.1 Å². The number of nitrogens with zero attached hydrogens (tertiary/aromatic N) is 4. The number of benzene rings is 5. The summed E-state index contributed by atoms with van der Waals surface area (Å²) in [5.74, 6) is 0.661. The second kappa shape index (κ2) is 8.15. The third-order valence-electron chi connectivity index (χ3n) is 7.39. The van der Waals surface area contributed by atoms with Gasteiger partial charge >= 0.3 is 0 Å². The van der Waals surface area contributed by atoms with Gasteiger partial charge in [0.1, 0.15) is 0 Å². The molecule has 0 amide bonds. The SMILES string of the molecule is c1ccc(-n2ccc3c(-c4cccc5ccccc45)nc(-n4c5ccccc5c5ccccc54)nc32)cc1. The fourth-order valence-corrected chi connectivity index (χ4v) is 5.68. The molecule has 0 spiro atoms. The summed E-state index contributed by atoms with van der Waals surface area (Å²) in [6.45, 7) is 0. The largest absolute Gasteiger partial charge is 0.301 e. The van der Waals surface area contributed by atoms with Crippen LogP contribution in [0.1, 0.15) is 0 Å². The Kier molecular flexibility index (Phi) is 4.49. The van der Waals surface area contributed by atoms with Crippen LogP contribution in [0.15, 0.2) is 134 Å². The summed E-state index contributed by atoms with van der Waals surface area (Å²) in [5, 5.41) is 5.77. The maximum atomic E-state index is 5.31. The van der Waals surface area contributed by atoms with E-state index < -0.39 is 0 Å². The van der Waals surface area contributed by atoms with Crippen molar-refractivity contribution in [2.24, 2.45) is 0 Å². The summed E-state index contributed by atoms with van der Waals surface area (Å²) < 4.78 is 4.35. The van der Waals surface area contributed by atoms with E-state index in [1.807, 2.05) is 6.07 Å². The van der Waals surface area contributed by atoms with Gasteiger partial charge in [0, 0.05) is 33.6 Å². The average molecular weight is 487 g/mol. The van der Waals surface area contributed by atoms with Gasteiger partial charge in [-0.3, -0.25) is 4.57 Å². The number of para-hydroxylation sites is 3. The molecule has 0 saturated heterocycles. The topological polar surface area (TPSA) is 35.6 Å². The second-order valence-corrected chi connectivity index (χ2v) is 9.53. The summed E-state index contributed by atoms with van der Waals surface area (Å²) in [4.78, 5) is 10.5. The van der Waals surface area contributed by atoms with Crippen molar-refractivity contribution in [2.45, 2.75) is 0 Å². The lowest BCUT2D eigenvalue weighted by atomic mass is 10.0. The molecule has 0 atom stereocenters. The maximum Gasteiger partial charge on any atom is 0.237 e. The number of rotatable bonds is 3. The van der Waals surface area contributed by atoms with Gasteiger partial charge < -0.3 is 4.57 Å². The van der Waals surface area contributed by atoms with Gasteiger partial charge in [-0.15, -0.1) is 0 Å². The lowest BCUT2D eigenvalue weighted by molar-refractivity contribution is 0.989. The van der Waals surface area contributed by atoms with E-state index in [0.717, 1.165) is 39.0 Å². The van der Waals surface area contributed by atoms with Gasteiger partial charge in [0.05, 0.1) is 16.7 Å². The summed E-state index contributed by atoms with van der Waals surface area (Å²) in [6, 6.07) is 44.4. The Morgan fingerprint density at radius 3 is 1.87 bits per heavy atom. The molecule has 38 heavy (non-hydrogen) atoms. The third-order valence-corrected chi connectivity index (χ3v) is 7.39. The highest BCUT2D eigenvalue weighted by molar-refractivity contribution is 6.09. The minimum Gasteiger partial charge on any atom is -0.301 e. The van der Waals surface area contributed by atoms with Crippen LogP contribution < -0.4 is 0 Å². The van der Waals surface area contributed by atoms with Crippen molar-refractivity contribution in [3.8, 4) is 22.9 Å². The molecule has 0 radical (unpaired) electrons. The Balaban J connectivity index is 1.52. The number of fused-ring (bicyclic) bond motifs is 5. The monoisotopic (exact) mass is 486 g/mol. The Labute approximate surface area is 219 Å². The van der Waals surface area contributed by atoms with Crippen molar-refractivity contribution in [1.29, 1.82) is 0 Å². The zero-order valence-electron chi connectivity index (χ0n) is 20.5. The van der Waals surface area contributed by atoms with Crippen molar-refractivity contribution in [3.05, 3.63) is 134 Å². The van der Waals surface area contributed by atoms with Crippen LogP contribution >= 0.6 is 0 Å². The summed E-state index contributed by atoms with van der Waals surface area (Å²) in [6.07, 6.45) is 2.10. The summed E-state index contributed by atoms with van der Waals surface area (Å²) >= 11 is 0. The first kappa shape index (κ1) is 20.9. The van der Waals surface area contributed by atoms with Crippen LogP contribution in [-0.4, -0.2) is 19.1 Å². The van der Waals surface area contributed by atoms with Crippen molar-refractivity contribution in [1.82, 2.24) is 19.1 Å². The zero-order chi connectivity index (χ0) is 25.1. The lowest BCUT2D eigenvalue weighted by Crippen LogP contribution is -2.05. The van der Waals surface area contributed by atoms with Crippen molar-refractivity contribution >= 4 is 43.6 Å². The molecular formula is C34H22N4. The van der Waals surface area contributed by atoms with E-state index in [-0.39, 0.29) is 0 Å². The smallest absolute Gasteiger partial charge is 0.237 e. The van der Waals surface area contributed by atoms with Crippen molar-refractivity contribution in [2.75, 3.05) is 0 Å². The molecule has 0 saturated carbocycles. The van der Waals surface area contributed by atoms with Crippen molar-refractivity contribution in [3.63, 3.8) is 0 Å². The molecule has 8 aromatic rings. The molecule has 8 rings (SSSR count). The van der Waals surface area contributed by atoms with Crippen molar-refractivity contribution < 1.29 is 0 Å². The third kappa shape index (κ3) is 3.04. The number of hydrogen-bond donors (Lipinski definition) is 0. The van der Waals surface area contributed by atoms with Crippen LogP contribution in [0.3, 0.4) is 0 Å². The molecule has 3 aromatic heterocycles. The number of hydrogen-bond acceptors (Lipinski definition) is 2. The molecule has 3 heterocycles. The quantitative estimate of drug-likeness (QED) is 0.252. The van der Waals surface area contributed by atoms with E-state index in [2.05, 4.69) is 137 Å². The van der Waals surface area contributed by atoms with Crippen LogP contribution in [0.25, 0.3) is 66.5 Å². The van der Waals surface area contributed by atoms with E-state index in [4.69, 9.17) is 9.97 Å². The average Bonchev–Trinajstić information content (AvgIpc) is 3.56. The summed E-state index contributed by atoms with van der Waals surface area (Å²) in [5.41, 5.74) is 6.16. The van der Waals surface area contributed by atoms with Crippen LogP contribution in [0, 0.1) is 0 Å². The van der Waals surface area contributed by atoms with E-state index >= 15 is 0 Å². The second-order valence-electron chi connectivity index (χ2n) is 9.53. The maximum absolute atomic E-state index is 5.31. The van der Waals surface area contributed by atoms with Gasteiger partial charge in [-0.2, -0.15) is 4.98 Å². The first-order chi connectivity index (χ1) is 18.9. The molecule has 0 aliphatic rings. The molecule has 4 nitrogen and oxygen atoms in total. The Morgan fingerprint density at radius 1 is 0.474 bits per heavy atom. The highest BCUT2D eigenvalue weighted by atomic mass is 15.2. The van der Waals surface area contributed by atoms with Crippen LogP contribution in [-0.2, 0) is 0 Å². The predicted molar refractivity (Wildman–Crippen MR) is 156 cm³/mol. The fraction of sp³-hybridized carbons (Fsp3) is 0. The van der Waals surface area contributed by atoms with Gasteiger partial charge in [0.15, 0.2) is 5.65 Å². The van der Waals surface area contributed by atoms with E-state index in [1.54, 1.807) is 0 Å². The first-order valence-corrected chi connectivity index (χ1v) is 12.8. The molecular weight excluding hydrogens is 464 g/mol. The highest BCUT2D eigenvalue weighted by Gasteiger charge is 2.19. The molecule has 5 aromatic carbocycles. The zero-order valence-corrected chi connectivity index (χ0v) is 20.5. The molecule has 0 aliphatic carbocycles. The molecule has 0 N–H and O–H groups in total. The first-order valence-electron chi connectivity index (χ1n) is 12.8. The van der Waals surface area contributed by atoms with Gasteiger partial charge in [-0.25, -0.2) is 4.98 Å². The van der Waals surface area contributed by atoms with Gasteiger partial charge in [0.25, 0.3) is 0 Å². The Hall–Kier alpha value is -5.22. The van der Waals surface area contributed by atoms with Gasteiger partial charge in [-0.1, -0.05) is 97.1 Å². The standard InChI is InChI=1S/C34H22N4/c1-2-13-24(14-3-1)37-22-21-29-32(28-18-10-12-23-11-4-5-15-25(23)28)35-34(36-33(29)37)38-30-19-8-6-16-26(30)27-17-7-9-20-31(27)38/h1-22H. The molecule has 0 aliphatic heterocycles. The molecule has 0 fully saturated rings. The minimum absolute atomic E-state index is 0.661. The summed E-state index contributed by atoms with van der Waals surface area (Å²) in [7, 11) is 0. The molecule has 0 bridgehead atoms. The Morgan fingerprint density at radius 2 is 1.11 bits per heavy atom. The van der Waals surface area contributed by atoms with E-state index in [1.165, 1.54) is 21.5 Å². The number of aromatic nitrogens is 4. The Bertz CT molecular complexity index is 2080. The van der Waals surface area contributed by atoms with E-state index in [9.17, 15) is 0 Å². The minimum atomic E-state index is 0.661. The van der Waals surface area contributed by atoms with E-state index in [0.29, 0.717) is 5.95 Å². The predicted octanol–water partition coefficient (Wildman–Crippen LogP) is 8.34. The fourth-order valence-electron chi connectivity index (χ4n) is 5.68. The van der Waals surface area contributed by atoms with Crippen LogP contribution in [0.2, 0.25) is 0 Å².